The van der Waals surface area contributed by atoms with Gasteiger partial charge >= 0.3 is 11.8 Å². The number of ketones is 1. The third-order valence-electron chi connectivity index (χ3n) is 7.29. The summed E-state index contributed by atoms with van der Waals surface area (Å²) in [6.07, 6.45) is 29.3. The maximum Gasteiger partial charge on any atom is 0.407 e. The number of nitrogen functional groups attached to an aromatic ring is 1. The number of Topliss-reactive ketones (excluding diaryl/α,β-unsaturated/α-hetero) is 1. The first-order valence-corrected chi connectivity index (χ1v) is 16.4. The minimum absolute atomic E-state index is 0.0338. The highest BCUT2D eigenvalue weighted by atomic mass is 19.1. The van der Waals surface area contributed by atoms with E-state index < -0.39 is 42.5 Å². The fourth-order valence-electron chi connectivity index (χ4n) is 4.65. The summed E-state index contributed by atoms with van der Waals surface area (Å²) in [7, 11) is 0. The number of alkyl halides is 1. The molecule has 1 aromatic rings. The smallest absolute Gasteiger partial charge is 0.407 e. The van der Waals surface area contributed by atoms with Gasteiger partial charge in [0.1, 0.15) is 30.4 Å². The molecular formula is C36H51FN4O6. The molecule has 1 fully saturated rings. The Balaban J connectivity index is 1.50. The highest BCUT2D eigenvalue weighted by molar-refractivity contribution is 5.78. The first kappa shape index (κ1) is 39.1. The summed E-state index contributed by atoms with van der Waals surface area (Å²) < 4.78 is 26.7. The molecule has 1 aromatic heterocycles. The zero-order chi connectivity index (χ0) is 34.3. The number of hydrogen-bond acceptors (Lipinski definition) is 8. The normalized spacial score (nSPS) is 21.8. The van der Waals surface area contributed by atoms with Crippen molar-refractivity contribution in [2.24, 2.45) is 0 Å². The van der Waals surface area contributed by atoms with E-state index in [9.17, 15) is 19.5 Å². The average molecular weight is 655 g/mol. The van der Waals surface area contributed by atoms with E-state index in [0.717, 1.165) is 50.0 Å². The maximum absolute atomic E-state index is 15.2. The number of hydrogen-bond donors (Lipinski definition) is 3. The summed E-state index contributed by atoms with van der Waals surface area (Å²) in [6, 6.07) is 1.31. The summed E-state index contributed by atoms with van der Waals surface area (Å²) in [5.41, 5.74) is 2.29. The Hall–Kier alpha value is -4.09. The Morgan fingerprint density at radius 2 is 1.55 bits per heavy atom. The van der Waals surface area contributed by atoms with Crippen LogP contribution in [0.4, 0.5) is 15.0 Å². The van der Waals surface area contributed by atoms with Gasteiger partial charge in [0.25, 0.3) is 0 Å². The molecule has 0 radical (unpaired) electrons. The first-order valence-electron chi connectivity index (χ1n) is 16.4. The van der Waals surface area contributed by atoms with Crippen LogP contribution in [0.15, 0.2) is 90.0 Å². The van der Waals surface area contributed by atoms with Crippen molar-refractivity contribution in [2.45, 2.75) is 102 Å². The summed E-state index contributed by atoms with van der Waals surface area (Å²) >= 11 is 0. The van der Waals surface area contributed by atoms with Crippen molar-refractivity contribution in [2.75, 3.05) is 18.9 Å². The molecule has 0 aromatic carbocycles. The third kappa shape index (κ3) is 15.4. The van der Waals surface area contributed by atoms with Gasteiger partial charge in [0.05, 0.1) is 0 Å². The number of halogens is 1. The van der Waals surface area contributed by atoms with E-state index in [-0.39, 0.29) is 18.1 Å². The molecular weight excluding hydrogens is 603 g/mol. The average Bonchev–Trinajstić information content (AvgIpc) is 3.26. The molecule has 1 aliphatic heterocycles. The Labute approximate surface area is 277 Å². The van der Waals surface area contributed by atoms with Gasteiger partial charge < -0.3 is 25.6 Å². The van der Waals surface area contributed by atoms with E-state index in [1.54, 1.807) is 0 Å². The molecule has 0 spiro atoms. The summed E-state index contributed by atoms with van der Waals surface area (Å²) in [5.74, 6) is 0.0661. The van der Waals surface area contributed by atoms with Crippen LogP contribution in [0.25, 0.3) is 0 Å². The van der Waals surface area contributed by atoms with E-state index >= 15 is 4.39 Å². The molecule has 0 saturated carbocycles. The Morgan fingerprint density at radius 1 is 1.00 bits per heavy atom. The highest BCUT2D eigenvalue weighted by Gasteiger charge is 2.55. The minimum Gasteiger partial charge on any atom is -0.447 e. The second-order valence-electron chi connectivity index (χ2n) is 11.3. The van der Waals surface area contributed by atoms with E-state index in [1.165, 1.54) is 12.3 Å². The van der Waals surface area contributed by atoms with Crippen molar-refractivity contribution in [1.82, 2.24) is 14.9 Å². The van der Waals surface area contributed by atoms with Gasteiger partial charge in [0.15, 0.2) is 11.9 Å². The number of nitrogens with two attached hydrogens (primary N) is 1. The molecule has 1 amide bonds. The third-order valence-corrected chi connectivity index (χ3v) is 7.29. The largest absolute Gasteiger partial charge is 0.447 e. The predicted molar refractivity (Wildman–Crippen MR) is 183 cm³/mol. The van der Waals surface area contributed by atoms with Crippen LogP contribution in [-0.4, -0.2) is 57.6 Å². The number of rotatable bonds is 21. The van der Waals surface area contributed by atoms with Crippen LogP contribution in [0.3, 0.4) is 0 Å². The second kappa shape index (κ2) is 22.4. The number of anilines is 1. The number of allylic oxidation sites excluding steroid dienone is 12. The van der Waals surface area contributed by atoms with Gasteiger partial charge in [-0.25, -0.2) is 14.0 Å². The van der Waals surface area contributed by atoms with E-state index in [1.807, 2.05) is 12.2 Å². The van der Waals surface area contributed by atoms with Crippen molar-refractivity contribution in [3.63, 3.8) is 0 Å². The van der Waals surface area contributed by atoms with E-state index in [0.29, 0.717) is 25.7 Å². The van der Waals surface area contributed by atoms with E-state index in [2.05, 4.69) is 78.0 Å². The van der Waals surface area contributed by atoms with Gasteiger partial charge in [0.2, 0.25) is 0 Å². The van der Waals surface area contributed by atoms with Gasteiger partial charge in [-0.1, -0.05) is 79.8 Å². The Kier molecular flexibility index (Phi) is 18.7. The quantitative estimate of drug-likeness (QED) is 0.102. The molecule has 0 aliphatic carbocycles. The SMILES string of the molecule is CC/C=C\C/C=C\C/C=C\C/C=C\C/C=C\C/C=C\CCC(=O)CCCNC(=O)OC[C@H]1O[C@@H](n2ccc(N)nc2=O)[C@](C)(F)[C@@H]1O. The molecule has 0 unspecified atom stereocenters. The molecule has 258 valence electrons. The predicted octanol–water partition coefficient (Wildman–Crippen LogP) is 6.37. The van der Waals surface area contributed by atoms with Crippen LogP contribution in [0.2, 0.25) is 0 Å². The van der Waals surface area contributed by atoms with Crippen molar-refractivity contribution in [1.29, 1.82) is 0 Å². The molecule has 0 bridgehead atoms. The van der Waals surface area contributed by atoms with Crippen LogP contribution < -0.4 is 16.7 Å². The molecule has 4 N–H and O–H groups in total. The molecule has 2 rings (SSSR count). The van der Waals surface area contributed by atoms with Crippen LogP contribution in [0.1, 0.15) is 84.3 Å². The molecule has 1 saturated heterocycles. The fraction of sp³-hybridized carbons (Fsp3) is 0.500. The number of aromatic nitrogens is 2. The van der Waals surface area contributed by atoms with Gasteiger partial charge in [-0.05, 0) is 64.4 Å². The molecule has 11 heteroatoms. The van der Waals surface area contributed by atoms with Crippen LogP contribution in [0, 0.1) is 0 Å². The maximum atomic E-state index is 15.2. The van der Waals surface area contributed by atoms with Gasteiger partial charge in [-0.2, -0.15) is 4.98 Å². The Morgan fingerprint density at radius 3 is 2.11 bits per heavy atom. The number of carbonyl (C=O) groups is 2. The van der Waals surface area contributed by atoms with Crippen LogP contribution in [-0.2, 0) is 14.3 Å². The van der Waals surface area contributed by atoms with Gasteiger partial charge in [0, 0.05) is 25.6 Å². The highest BCUT2D eigenvalue weighted by Crippen LogP contribution is 2.40. The van der Waals surface area contributed by atoms with Crippen molar-refractivity contribution >= 4 is 17.7 Å². The number of ether oxygens (including phenoxy) is 2. The molecule has 2 heterocycles. The fourth-order valence-corrected chi connectivity index (χ4v) is 4.65. The van der Waals surface area contributed by atoms with Crippen LogP contribution >= 0.6 is 0 Å². The topological polar surface area (TPSA) is 146 Å². The summed E-state index contributed by atoms with van der Waals surface area (Å²) in [4.78, 5) is 39.8. The number of amides is 1. The Bertz CT molecular complexity index is 1330. The summed E-state index contributed by atoms with van der Waals surface area (Å²) in [6.45, 7) is 3.00. The lowest BCUT2D eigenvalue weighted by Gasteiger charge is -2.24. The van der Waals surface area contributed by atoms with Gasteiger partial charge in [-0.3, -0.25) is 9.36 Å². The lowest BCUT2D eigenvalue weighted by molar-refractivity contribution is -0.119. The minimum atomic E-state index is -2.35. The number of aliphatic hydroxyl groups is 1. The van der Waals surface area contributed by atoms with Crippen molar-refractivity contribution in [3.8, 4) is 0 Å². The number of alkyl carbamates (subject to hydrolysis) is 1. The second-order valence-corrected chi connectivity index (χ2v) is 11.3. The molecule has 10 nitrogen and oxygen atoms in total. The number of aliphatic hydroxyl groups excluding tert-OH is 1. The molecule has 47 heavy (non-hydrogen) atoms. The van der Waals surface area contributed by atoms with E-state index in [4.69, 9.17) is 15.2 Å². The number of nitrogens with one attached hydrogen (secondary N) is 1. The van der Waals surface area contributed by atoms with Crippen molar-refractivity contribution < 1.29 is 28.6 Å². The lowest BCUT2D eigenvalue weighted by Crippen LogP contribution is -2.43. The molecule has 1 aliphatic rings. The summed E-state index contributed by atoms with van der Waals surface area (Å²) in [5, 5.41) is 12.9. The van der Waals surface area contributed by atoms with Crippen molar-refractivity contribution in [3.05, 3.63) is 95.7 Å². The monoisotopic (exact) mass is 654 g/mol. The zero-order valence-corrected chi connectivity index (χ0v) is 27.6. The van der Waals surface area contributed by atoms with Crippen LogP contribution in [0.5, 0.6) is 0 Å². The zero-order valence-electron chi connectivity index (χ0n) is 27.6. The number of carbonyl (C=O) groups excluding carboxylic acids is 2. The first-order chi connectivity index (χ1) is 22.7. The lowest BCUT2D eigenvalue weighted by atomic mass is 9.98. The molecule has 4 atom stereocenters. The van der Waals surface area contributed by atoms with Gasteiger partial charge in [-0.15, -0.1) is 0 Å². The standard InChI is InChI=1S/C36H51FN4O6/c1-3-4-5-6-7-8-9-10-11-12-13-14-15-16-17-18-19-20-21-23-29(42)24-22-26-39-35(45)46-28-30-32(43)36(2,37)33(47-30)41-27-25-31(38)40-34(41)44/h4-5,7-8,10-11,13-14,16-17,19-20,25,27,30,32-33,43H,3,6,9,12,15,18,21-24,26,28H2,1-2H3,(H,39,45)(H2,38,40,44)/b5-4-,8-7-,11-10-,14-13-,17-16-,20-19-/t30-,32-,33-,36-/m1/s1. The number of nitrogens with zero attached hydrogens (tertiary/aromatic N) is 2.